The smallest absolute Gasteiger partial charge is 0.252 e. The molecule has 1 amide bonds. The van der Waals surface area contributed by atoms with Crippen LogP contribution in [-0.4, -0.2) is 37.2 Å². The average Bonchev–Trinajstić information content (AvgIpc) is 2.99. The maximum Gasteiger partial charge on any atom is 0.252 e. The summed E-state index contributed by atoms with van der Waals surface area (Å²) in [6.45, 7) is 2.19. The van der Waals surface area contributed by atoms with Crippen LogP contribution in [0.3, 0.4) is 0 Å². The van der Waals surface area contributed by atoms with Crippen LogP contribution in [0.25, 0.3) is 0 Å². The lowest BCUT2D eigenvalue weighted by molar-refractivity contribution is -0.141. The molecule has 3 rings (SSSR count). The fourth-order valence-corrected chi connectivity index (χ4v) is 2.82. The van der Waals surface area contributed by atoms with Gasteiger partial charge >= 0.3 is 0 Å². The molecule has 0 spiro atoms. The lowest BCUT2D eigenvalue weighted by atomic mass is 9.99. The van der Waals surface area contributed by atoms with Crippen molar-refractivity contribution < 1.29 is 14.3 Å². The normalized spacial score (nSPS) is 22.2. The first-order valence-corrected chi connectivity index (χ1v) is 6.84. The van der Waals surface area contributed by atoms with E-state index >= 15 is 0 Å². The predicted molar refractivity (Wildman–Crippen MR) is 71.1 cm³/mol. The molecule has 0 aromatic heterocycles. The fourth-order valence-electron chi connectivity index (χ4n) is 2.82. The predicted octanol–water partition coefficient (Wildman–Crippen LogP) is 1.76. The molecule has 1 fully saturated rings. The Morgan fingerprint density at radius 1 is 1.42 bits per heavy atom. The molecule has 0 N–H and O–H groups in total. The Morgan fingerprint density at radius 2 is 2.32 bits per heavy atom. The molecule has 1 unspecified atom stereocenters. The maximum absolute atomic E-state index is 12.3. The van der Waals surface area contributed by atoms with Gasteiger partial charge in [0.05, 0.1) is 7.11 Å². The van der Waals surface area contributed by atoms with Crippen LogP contribution in [0, 0.1) is 0 Å². The summed E-state index contributed by atoms with van der Waals surface area (Å²) in [5, 5.41) is 0. The number of hydrogen-bond donors (Lipinski definition) is 0. The molecule has 0 radical (unpaired) electrons. The lowest BCUT2D eigenvalue weighted by Gasteiger charge is -2.30. The van der Waals surface area contributed by atoms with Gasteiger partial charge in [0.2, 0.25) is 0 Å². The van der Waals surface area contributed by atoms with Gasteiger partial charge < -0.3 is 14.4 Å². The van der Waals surface area contributed by atoms with Crippen LogP contribution in [0.2, 0.25) is 0 Å². The summed E-state index contributed by atoms with van der Waals surface area (Å²) in [6, 6.07) is 6.09. The molecular weight excluding hydrogens is 242 g/mol. The van der Waals surface area contributed by atoms with Crippen LogP contribution in [0.1, 0.15) is 24.0 Å². The van der Waals surface area contributed by atoms with Gasteiger partial charge in [0.15, 0.2) is 0 Å². The largest absolute Gasteiger partial charge is 0.497 e. The first-order chi connectivity index (χ1) is 9.28. The molecular formula is C15H19NO3. The number of amides is 1. The second kappa shape index (κ2) is 5.21. The molecule has 1 saturated heterocycles. The van der Waals surface area contributed by atoms with Crippen molar-refractivity contribution in [3.63, 3.8) is 0 Å². The van der Waals surface area contributed by atoms with Crippen molar-refractivity contribution in [1.82, 2.24) is 4.90 Å². The summed E-state index contributed by atoms with van der Waals surface area (Å²) in [5.74, 6) is 1.04. The van der Waals surface area contributed by atoms with Crippen molar-refractivity contribution in [2.45, 2.75) is 31.9 Å². The van der Waals surface area contributed by atoms with E-state index in [-0.39, 0.29) is 12.0 Å². The molecule has 4 heteroatoms. The Bertz CT molecular complexity index is 480. The second-order valence-electron chi connectivity index (χ2n) is 5.15. The van der Waals surface area contributed by atoms with Crippen LogP contribution in [0.15, 0.2) is 18.2 Å². The molecule has 2 heterocycles. The zero-order valence-electron chi connectivity index (χ0n) is 11.2. The number of carbonyl (C=O) groups is 1. The minimum Gasteiger partial charge on any atom is -0.497 e. The molecule has 0 aliphatic carbocycles. The van der Waals surface area contributed by atoms with Crippen molar-refractivity contribution in [2.24, 2.45) is 0 Å². The number of methoxy groups -OCH3 is 1. The number of fused-ring (bicyclic) bond motifs is 1. The number of carbonyl (C=O) groups excluding carboxylic acids is 1. The lowest BCUT2D eigenvalue weighted by Crippen LogP contribution is -2.41. The SMILES string of the molecule is COc1ccc2c(c1)CCN(C(=O)C1CCCO1)C2. The number of ether oxygens (including phenoxy) is 2. The standard InChI is InChI=1S/C15H19NO3/c1-18-13-5-4-12-10-16(7-6-11(12)9-13)15(17)14-3-2-8-19-14/h4-5,9,14H,2-3,6-8,10H2,1H3. The van der Waals surface area contributed by atoms with Gasteiger partial charge in [0, 0.05) is 19.7 Å². The number of hydrogen-bond acceptors (Lipinski definition) is 3. The van der Waals surface area contributed by atoms with E-state index in [1.807, 2.05) is 11.0 Å². The van der Waals surface area contributed by atoms with Crippen molar-refractivity contribution in [2.75, 3.05) is 20.3 Å². The Kier molecular flexibility index (Phi) is 3.42. The van der Waals surface area contributed by atoms with Gasteiger partial charge in [-0.2, -0.15) is 0 Å². The topological polar surface area (TPSA) is 38.8 Å². The van der Waals surface area contributed by atoms with Crippen molar-refractivity contribution in [3.05, 3.63) is 29.3 Å². The highest BCUT2D eigenvalue weighted by molar-refractivity contribution is 5.81. The summed E-state index contributed by atoms with van der Waals surface area (Å²) in [5.41, 5.74) is 2.51. The molecule has 2 aliphatic heterocycles. The Balaban J connectivity index is 1.73. The highest BCUT2D eigenvalue weighted by Crippen LogP contribution is 2.25. The third kappa shape index (κ3) is 2.45. The van der Waals surface area contributed by atoms with Gasteiger partial charge in [0.25, 0.3) is 5.91 Å². The quantitative estimate of drug-likeness (QED) is 0.814. The summed E-state index contributed by atoms with van der Waals surface area (Å²) in [7, 11) is 1.68. The van der Waals surface area contributed by atoms with Gasteiger partial charge in [-0.3, -0.25) is 4.79 Å². The summed E-state index contributed by atoms with van der Waals surface area (Å²) in [4.78, 5) is 14.2. The van der Waals surface area contributed by atoms with Gasteiger partial charge in [0.1, 0.15) is 11.9 Å². The summed E-state index contributed by atoms with van der Waals surface area (Å²) in [6.07, 6.45) is 2.55. The first-order valence-electron chi connectivity index (χ1n) is 6.84. The summed E-state index contributed by atoms with van der Waals surface area (Å²) < 4.78 is 10.7. The zero-order chi connectivity index (χ0) is 13.2. The van der Waals surface area contributed by atoms with E-state index in [4.69, 9.17) is 9.47 Å². The zero-order valence-corrected chi connectivity index (χ0v) is 11.2. The van der Waals surface area contributed by atoms with Gasteiger partial charge in [-0.15, -0.1) is 0 Å². The third-order valence-corrected chi connectivity index (χ3v) is 3.94. The molecule has 1 atom stereocenters. The minimum atomic E-state index is -0.209. The van der Waals surface area contributed by atoms with E-state index in [2.05, 4.69) is 12.1 Å². The van der Waals surface area contributed by atoms with E-state index in [9.17, 15) is 4.79 Å². The van der Waals surface area contributed by atoms with Crippen molar-refractivity contribution >= 4 is 5.91 Å². The number of benzene rings is 1. The first kappa shape index (κ1) is 12.5. The highest BCUT2D eigenvalue weighted by atomic mass is 16.5. The van der Waals surface area contributed by atoms with Crippen LogP contribution >= 0.6 is 0 Å². The Hall–Kier alpha value is -1.55. The number of nitrogens with zero attached hydrogens (tertiary/aromatic N) is 1. The Labute approximate surface area is 113 Å². The molecule has 2 aliphatic rings. The van der Waals surface area contributed by atoms with E-state index in [0.29, 0.717) is 6.54 Å². The number of rotatable bonds is 2. The van der Waals surface area contributed by atoms with Gasteiger partial charge in [-0.05, 0) is 42.5 Å². The molecule has 0 bridgehead atoms. The van der Waals surface area contributed by atoms with Crippen LogP contribution < -0.4 is 4.74 Å². The molecule has 19 heavy (non-hydrogen) atoms. The molecule has 4 nitrogen and oxygen atoms in total. The van der Waals surface area contributed by atoms with Crippen LogP contribution in [-0.2, 0) is 22.5 Å². The van der Waals surface area contributed by atoms with E-state index in [1.165, 1.54) is 11.1 Å². The second-order valence-corrected chi connectivity index (χ2v) is 5.15. The average molecular weight is 261 g/mol. The summed E-state index contributed by atoms with van der Waals surface area (Å²) >= 11 is 0. The molecule has 0 saturated carbocycles. The minimum absolute atomic E-state index is 0.152. The van der Waals surface area contributed by atoms with E-state index < -0.39 is 0 Å². The van der Waals surface area contributed by atoms with Gasteiger partial charge in [-0.1, -0.05) is 6.07 Å². The third-order valence-electron chi connectivity index (χ3n) is 3.94. The molecule has 102 valence electrons. The van der Waals surface area contributed by atoms with E-state index in [1.54, 1.807) is 7.11 Å². The van der Waals surface area contributed by atoms with Gasteiger partial charge in [-0.25, -0.2) is 0 Å². The monoisotopic (exact) mass is 261 g/mol. The van der Waals surface area contributed by atoms with Crippen molar-refractivity contribution in [1.29, 1.82) is 0 Å². The molecule has 1 aromatic carbocycles. The van der Waals surface area contributed by atoms with Crippen molar-refractivity contribution in [3.8, 4) is 5.75 Å². The maximum atomic E-state index is 12.3. The highest BCUT2D eigenvalue weighted by Gasteiger charge is 2.30. The fraction of sp³-hybridized carbons (Fsp3) is 0.533. The Morgan fingerprint density at radius 3 is 3.05 bits per heavy atom. The molecule has 1 aromatic rings. The van der Waals surface area contributed by atoms with Crippen LogP contribution in [0.5, 0.6) is 5.75 Å². The van der Waals surface area contributed by atoms with Crippen LogP contribution in [0.4, 0.5) is 0 Å². The van der Waals surface area contributed by atoms with E-state index in [0.717, 1.165) is 38.2 Å².